The highest BCUT2D eigenvalue weighted by atomic mass is 16.1. The van der Waals surface area contributed by atoms with Crippen LogP contribution in [0, 0.1) is 5.92 Å². The molecule has 108 valence electrons. The summed E-state index contributed by atoms with van der Waals surface area (Å²) in [5.74, 6) is 1.18. The quantitative estimate of drug-likeness (QED) is 0.695. The summed E-state index contributed by atoms with van der Waals surface area (Å²) < 4.78 is 0. The van der Waals surface area contributed by atoms with Crippen LogP contribution in [0.4, 0.5) is 0 Å². The standard InChI is InChI=1S/C19H26O/c20-19(13-10-15-6-2-1-3-7-15)18-12-11-16-8-4-5-9-17(16)14-18/h11-12,14-15H,1-10,13H2. The Hall–Kier alpha value is -1.11. The Bertz CT molecular complexity index is 469. The number of ketones is 1. The Morgan fingerprint density at radius 3 is 2.50 bits per heavy atom. The van der Waals surface area contributed by atoms with Gasteiger partial charge in [-0.25, -0.2) is 0 Å². The van der Waals surface area contributed by atoms with Crippen molar-refractivity contribution >= 4 is 5.78 Å². The average Bonchev–Trinajstić information content (AvgIpc) is 2.53. The SMILES string of the molecule is O=C(CCC1CCCCC1)c1ccc2c(c1)CCCC2. The summed E-state index contributed by atoms with van der Waals surface area (Å²) in [6.07, 6.45) is 13.7. The average molecular weight is 270 g/mol. The van der Waals surface area contributed by atoms with E-state index in [2.05, 4.69) is 18.2 Å². The molecule has 1 aromatic carbocycles. The van der Waals surface area contributed by atoms with E-state index >= 15 is 0 Å². The van der Waals surface area contributed by atoms with Gasteiger partial charge in [0.05, 0.1) is 0 Å². The molecule has 0 N–H and O–H groups in total. The topological polar surface area (TPSA) is 17.1 Å². The van der Waals surface area contributed by atoms with E-state index in [9.17, 15) is 4.79 Å². The Labute approximate surface area is 122 Å². The number of hydrogen-bond donors (Lipinski definition) is 0. The first-order valence-electron chi connectivity index (χ1n) is 8.48. The van der Waals surface area contributed by atoms with Crippen LogP contribution in [0.25, 0.3) is 0 Å². The van der Waals surface area contributed by atoms with Crippen LogP contribution < -0.4 is 0 Å². The Balaban J connectivity index is 1.59. The molecule has 0 saturated heterocycles. The number of rotatable bonds is 4. The molecule has 2 aliphatic rings. The molecule has 20 heavy (non-hydrogen) atoms. The number of benzene rings is 1. The molecule has 0 amide bonds. The lowest BCUT2D eigenvalue weighted by atomic mass is 9.84. The second kappa shape index (κ2) is 6.56. The Morgan fingerprint density at radius 2 is 1.70 bits per heavy atom. The third-order valence-electron chi connectivity index (χ3n) is 5.17. The Kier molecular flexibility index (Phi) is 4.54. The van der Waals surface area contributed by atoms with E-state index in [-0.39, 0.29) is 0 Å². The zero-order valence-electron chi connectivity index (χ0n) is 12.5. The summed E-state index contributed by atoms with van der Waals surface area (Å²) in [4.78, 5) is 12.4. The fraction of sp³-hybridized carbons (Fsp3) is 0.632. The summed E-state index contributed by atoms with van der Waals surface area (Å²) in [6.45, 7) is 0. The highest BCUT2D eigenvalue weighted by Crippen LogP contribution is 2.28. The maximum absolute atomic E-state index is 12.4. The highest BCUT2D eigenvalue weighted by molar-refractivity contribution is 5.96. The van der Waals surface area contributed by atoms with E-state index in [1.54, 1.807) is 0 Å². The van der Waals surface area contributed by atoms with E-state index in [0.717, 1.165) is 24.3 Å². The molecule has 0 aromatic heterocycles. The van der Waals surface area contributed by atoms with Crippen molar-refractivity contribution in [1.82, 2.24) is 0 Å². The number of fused-ring (bicyclic) bond motifs is 1. The lowest BCUT2D eigenvalue weighted by Crippen LogP contribution is -2.10. The van der Waals surface area contributed by atoms with Gasteiger partial charge in [0.15, 0.2) is 5.78 Å². The van der Waals surface area contributed by atoms with E-state index in [1.807, 2.05) is 0 Å². The predicted octanol–water partition coefficient (Wildman–Crippen LogP) is 5.11. The largest absolute Gasteiger partial charge is 0.294 e. The molecular weight excluding hydrogens is 244 g/mol. The fourth-order valence-corrected chi connectivity index (χ4v) is 3.86. The van der Waals surface area contributed by atoms with Gasteiger partial charge in [-0.05, 0) is 55.2 Å². The van der Waals surface area contributed by atoms with Gasteiger partial charge in [0.25, 0.3) is 0 Å². The number of carbonyl (C=O) groups excluding carboxylic acids is 1. The van der Waals surface area contributed by atoms with Crippen LogP contribution in [0.15, 0.2) is 18.2 Å². The van der Waals surface area contributed by atoms with Crippen molar-refractivity contribution in [3.63, 3.8) is 0 Å². The number of carbonyl (C=O) groups is 1. The molecule has 0 aliphatic heterocycles. The first-order chi connectivity index (χ1) is 9.83. The summed E-state index contributed by atoms with van der Waals surface area (Å²) in [7, 11) is 0. The zero-order valence-corrected chi connectivity index (χ0v) is 12.5. The van der Waals surface area contributed by atoms with E-state index in [0.29, 0.717) is 5.78 Å². The summed E-state index contributed by atoms with van der Waals surface area (Å²) >= 11 is 0. The van der Waals surface area contributed by atoms with Crippen LogP contribution in [0.1, 0.15) is 79.3 Å². The molecule has 0 bridgehead atoms. The van der Waals surface area contributed by atoms with Crippen molar-refractivity contribution < 1.29 is 4.79 Å². The third-order valence-corrected chi connectivity index (χ3v) is 5.17. The van der Waals surface area contributed by atoms with Crippen molar-refractivity contribution in [3.8, 4) is 0 Å². The zero-order chi connectivity index (χ0) is 13.8. The minimum atomic E-state index is 0.365. The smallest absolute Gasteiger partial charge is 0.162 e. The second-order valence-corrected chi connectivity index (χ2v) is 6.66. The van der Waals surface area contributed by atoms with E-state index in [1.165, 1.54) is 68.9 Å². The number of Topliss-reactive ketones (excluding diaryl/α,β-unsaturated/α-hetero) is 1. The number of aryl methyl sites for hydroxylation is 2. The molecule has 0 heterocycles. The molecule has 1 aromatic rings. The van der Waals surface area contributed by atoms with Gasteiger partial charge in [0, 0.05) is 12.0 Å². The monoisotopic (exact) mass is 270 g/mol. The van der Waals surface area contributed by atoms with Crippen LogP contribution in [0.3, 0.4) is 0 Å². The van der Waals surface area contributed by atoms with Gasteiger partial charge in [0.2, 0.25) is 0 Å². The maximum atomic E-state index is 12.4. The predicted molar refractivity (Wildman–Crippen MR) is 83.2 cm³/mol. The molecule has 1 saturated carbocycles. The van der Waals surface area contributed by atoms with Crippen molar-refractivity contribution in [2.75, 3.05) is 0 Å². The van der Waals surface area contributed by atoms with Crippen molar-refractivity contribution in [1.29, 1.82) is 0 Å². The molecule has 1 heteroatoms. The normalized spacial score (nSPS) is 19.6. The second-order valence-electron chi connectivity index (χ2n) is 6.66. The van der Waals surface area contributed by atoms with Crippen LogP contribution in [0.5, 0.6) is 0 Å². The van der Waals surface area contributed by atoms with Crippen molar-refractivity contribution in [2.45, 2.75) is 70.6 Å². The van der Waals surface area contributed by atoms with Crippen LogP contribution in [0.2, 0.25) is 0 Å². The van der Waals surface area contributed by atoms with Crippen molar-refractivity contribution in [3.05, 3.63) is 34.9 Å². The molecule has 1 nitrogen and oxygen atoms in total. The molecule has 0 unspecified atom stereocenters. The first-order valence-corrected chi connectivity index (χ1v) is 8.48. The highest BCUT2D eigenvalue weighted by Gasteiger charge is 2.17. The van der Waals surface area contributed by atoms with Crippen LogP contribution >= 0.6 is 0 Å². The molecule has 3 rings (SSSR count). The maximum Gasteiger partial charge on any atom is 0.162 e. The third kappa shape index (κ3) is 3.31. The molecule has 2 aliphatic carbocycles. The molecule has 0 spiro atoms. The minimum absolute atomic E-state index is 0.365. The van der Waals surface area contributed by atoms with Gasteiger partial charge in [-0.1, -0.05) is 44.2 Å². The van der Waals surface area contributed by atoms with E-state index in [4.69, 9.17) is 0 Å². The van der Waals surface area contributed by atoms with Gasteiger partial charge in [0.1, 0.15) is 0 Å². The Morgan fingerprint density at radius 1 is 0.950 bits per heavy atom. The van der Waals surface area contributed by atoms with Gasteiger partial charge < -0.3 is 0 Å². The van der Waals surface area contributed by atoms with Gasteiger partial charge >= 0.3 is 0 Å². The van der Waals surface area contributed by atoms with E-state index < -0.39 is 0 Å². The van der Waals surface area contributed by atoms with Crippen LogP contribution in [-0.2, 0) is 12.8 Å². The minimum Gasteiger partial charge on any atom is -0.294 e. The van der Waals surface area contributed by atoms with Gasteiger partial charge in [-0.15, -0.1) is 0 Å². The molecular formula is C19H26O. The summed E-state index contributed by atoms with van der Waals surface area (Å²) in [5, 5.41) is 0. The fourth-order valence-electron chi connectivity index (χ4n) is 3.86. The van der Waals surface area contributed by atoms with Crippen LogP contribution in [-0.4, -0.2) is 5.78 Å². The lowest BCUT2D eigenvalue weighted by molar-refractivity contribution is 0.0970. The summed E-state index contributed by atoms with van der Waals surface area (Å²) in [5.41, 5.74) is 3.86. The first kappa shape index (κ1) is 13.9. The summed E-state index contributed by atoms with van der Waals surface area (Å²) in [6, 6.07) is 6.44. The molecule has 0 atom stereocenters. The van der Waals surface area contributed by atoms with Crippen molar-refractivity contribution in [2.24, 2.45) is 5.92 Å². The molecule has 1 fully saturated rings. The molecule has 0 radical (unpaired) electrons. The number of hydrogen-bond acceptors (Lipinski definition) is 1. The van der Waals surface area contributed by atoms with Gasteiger partial charge in [-0.2, -0.15) is 0 Å². The lowest BCUT2D eigenvalue weighted by Gasteiger charge is -2.21. The van der Waals surface area contributed by atoms with Gasteiger partial charge in [-0.3, -0.25) is 4.79 Å².